The molecule has 1 aliphatic heterocycles. The number of fused-ring (bicyclic) bond motifs is 12. The molecule has 0 spiro atoms. The lowest BCUT2D eigenvalue weighted by Gasteiger charge is -2.06. The second-order valence-corrected chi connectivity index (χ2v) is 29.6. The number of halogens is 1. The maximum Gasteiger partial charge on any atom is 0.448 e. The Hall–Kier alpha value is -11.5. The molecule has 0 aliphatic carbocycles. The van der Waals surface area contributed by atoms with Crippen molar-refractivity contribution in [2.45, 2.75) is 59.7 Å². The van der Waals surface area contributed by atoms with E-state index in [0.717, 1.165) is 112 Å². The first-order valence-electron chi connectivity index (χ1n) is 32.3. The van der Waals surface area contributed by atoms with Gasteiger partial charge in [-0.05, 0) is 120 Å². The van der Waals surface area contributed by atoms with Crippen molar-refractivity contribution >= 4 is 159 Å². The Morgan fingerprint density at radius 1 is 0.524 bits per heavy atom. The van der Waals surface area contributed by atoms with E-state index in [0.29, 0.717) is 64.0 Å². The van der Waals surface area contributed by atoms with Crippen molar-refractivity contribution in [3.63, 3.8) is 0 Å². The van der Waals surface area contributed by atoms with Gasteiger partial charge in [0.05, 0.1) is 120 Å². The van der Waals surface area contributed by atoms with Crippen LogP contribution < -0.4 is 28.0 Å². The Kier molecular flexibility index (Phi) is 22.1. The minimum absolute atomic E-state index is 0.153. The smallest absolute Gasteiger partial charge is 0.427 e. The van der Waals surface area contributed by atoms with Crippen LogP contribution in [0.4, 0.5) is 0 Å². The molecule has 1 fully saturated rings. The van der Waals surface area contributed by atoms with Crippen molar-refractivity contribution in [3.8, 4) is 18.2 Å². The molecule has 4 N–H and O–H groups in total. The van der Waals surface area contributed by atoms with Crippen molar-refractivity contribution in [2.24, 2.45) is 33.9 Å². The Balaban J connectivity index is 0.000000126. The van der Waals surface area contributed by atoms with E-state index in [-0.39, 0.29) is 28.8 Å². The molecule has 1 aliphatic rings. The zero-order valence-corrected chi connectivity index (χ0v) is 62.1. The lowest BCUT2D eigenvalue weighted by atomic mass is 9.99. The monoisotopic (exact) mass is 1540 g/mol. The number of hydrogen-bond donors (Lipinski definition) is 3. The molecule has 528 valence electrons. The first kappa shape index (κ1) is 73.2. The number of nitrogens with zero attached hydrogens (tertiary/aromatic N) is 19. The molecule has 17 rings (SSSR count). The van der Waals surface area contributed by atoms with Crippen molar-refractivity contribution in [1.29, 1.82) is 15.8 Å². The van der Waals surface area contributed by atoms with E-state index in [1.807, 2.05) is 86.1 Å². The van der Waals surface area contributed by atoms with Crippen molar-refractivity contribution in [3.05, 3.63) is 227 Å². The zero-order chi connectivity index (χ0) is 74.5. The van der Waals surface area contributed by atoms with Gasteiger partial charge in [-0.25, -0.2) is 38.7 Å². The average molecular weight is 1540 g/mol. The van der Waals surface area contributed by atoms with Crippen LogP contribution in [0.5, 0.6) is 0 Å². The third kappa shape index (κ3) is 15.4. The highest BCUT2D eigenvalue weighted by atomic mass is 79.9. The van der Waals surface area contributed by atoms with E-state index in [2.05, 4.69) is 74.5 Å². The normalized spacial score (nSPS) is 11.7. The predicted octanol–water partition coefficient (Wildman–Crippen LogP) is 9.55. The van der Waals surface area contributed by atoms with Crippen LogP contribution in [-0.2, 0) is 59.1 Å². The fourth-order valence-corrected chi connectivity index (χ4v) is 16.2. The number of nitriles is 3. The average Bonchev–Trinajstić information content (AvgIpc) is 1.60. The molecule has 1 amide bonds. The molecular formula is C71H62BBrN20O8S4. The number of benzene rings is 4. The SMILES string of the molecule is C1CCOC1.CB(O)O.Cc1nc2c(s1)c1cnn(Cc3cccc(C#N)c3)c(=O)c1n2C.Cc1nc2c(s1)c1cnn(Cc3cccc(C(N)=O)c3)c(=O)c1n2C.Cn1c2nc(Br)sc2c2cnn(Cc3cccc(C#N)c3)c(=O)c21.Cn1c2ncsc2c2cnn(Cc3cccc(C#N)c3)c(=O)c21. The molecule has 0 bridgehead atoms. The van der Waals surface area contributed by atoms with Crippen LogP contribution in [-0.4, -0.2) is 114 Å². The third-order valence-electron chi connectivity index (χ3n) is 16.8. The molecule has 13 heterocycles. The largest absolute Gasteiger partial charge is 0.448 e. The molecule has 0 radical (unpaired) electrons. The Labute approximate surface area is 620 Å². The number of primary amides is 1. The number of aryl methyl sites for hydroxylation is 6. The fraction of sp³-hybridized carbons (Fsp3) is 0.211. The van der Waals surface area contributed by atoms with Gasteiger partial charge in [0.15, 0.2) is 26.5 Å². The number of carbonyl (C=O) groups is 1. The van der Waals surface area contributed by atoms with Gasteiger partial charge in [-0.3, -0.25) is 24.0 Å². The topological polar surface area (TPSA) is 375 Å². The van der Waals surface area contributed by atoms with E-state index < -0.39 is 13.0 Å². The van der Waals surface area contributed by atoms with Gasteiger partial charge in [0.2, 0.25) is 5.91 Å². The summed E-state index contributed by atoms with van der Waals surface area (Å²) in [6.07, 6.45) is 9.41. The standard InChI is InChI=1S/C17H15N5O2S.C17H13N5OS.C16H10BrN5OS.C16H11N5OS.C4H8O.CH5BO2/c1-9-20-16-14(25-9)12-7-19-22(17(24)13(12)21(16)2)8-10-4-3-5-11(6-10)15(18)23;1-10-20-16-15(24-10)13-8-19-22(17(23)14(13)21(16)2)9-12-5-3-4-11(6-12)7-18;1-21-12-11(13-14(21)20-16(17)24-13)7-19-22(15(12)23)8-10-4-2-3-9(5-10)6-18;1-20-13-12(14-15(20)18-9-23-14)7-19-21(16(13)22)8-11-4-2-3-10(5-11)6-17;1-2-4-5-3-1;1-2(3)4/h3-7H,8H2,1-2H3,(H2,18,23);3-6,8H,9H2,1-2H3;2-5,7H,8H2,1H3;2-5,7,9H,8H2,1H3;1-4H2;3-4H,1H3. The third-order valence-corrected chi connectivity index (χ3v) is 21.1. The Bertz CT molecular complexity index is 6220. The highest BCUT2D eigenvalue weighted by molar-refractivity contribution is 9.11. The van der Waals surface area contributed by atoms with Gasteiger partial charge in [0.1, 0.15) is 22.1 Å². The predicted molar refractivity (Wildman–Crippen MR) is 411 cm³/mol. The van der Waals surface area contributed by atoms with Gasteiger partial charge < -0.3 is 38.8 Å². The second kappa shape index (κ2) is 31.6. The molecule has 0 unspecified atom stereocenters. The molecule has 105 heavy (non-hydrogen) atoms. The summed E-state index contributed by atoms with van der Waals surface area (Å²) in [4.78, 5) is 80.4. The van der Waals surface area contributed by atoms with E-state index >= 15 is 0 Å². The fourth-order valence-electron chi connectivity index (χ4n) is 12.0. The minimum atomic E-state index is -1.17. The molecule has 0 atom stereocenters. The van der Waals surface area contributed by atoms with Gasteiger partial charge >= 0.3 is 7.12 Å². The van der Waals surface area contributed by atoms with Crippen LogP contribution in [0, 0.1) is 47.8 Å². The van der Waals surface area contributed by atoms with E-state index in [4.69, 9.17) is 36.3 Å². The van der Waals surface area contributed by atoms with Gasteiger partial charge in [0.25, 0.3) is 22.2 Å². The lowest BCUT2D eigenvalue weighted by molar-refractivity contribution is 0.1000. The molecule has 12 aromatic heterocycles. The molecule has 4 aromatic carbocycles. The number of hydrogen-bond acceptors (Lipinski definition) is 23. The van der Waals surface area contributed by atoms with Crippen molar-refractivity contribution in [2.75, 3.05) is 13.2 Å². The van der Waals surface area contributed by atoms with Crippen LogP contribution in [0.3, 0.4) is 0 Å². The lowest BCUT2D eigenvalue weighted by Crippen LogP contribution is -2.24. The van der Waals surface area contributed by atoms with Crippen LogP contribution >= 0.6 is 61.3 Å². The number of rotatable bonds is 9. The Morgan fingerprint density at radius 3 is 1.21 bits per heavy atom. The van der Waals surface area contributed by atoms with Gasteiger partial charge in [0, 0.05) is 68.5 Å². The van der Waals surface area contributed by atoms with Gasteiger partial charge in [-0.1, -0.05) is 48.5 Å². The quantitative estimate of drug-likeness (QED) is 0.113. The number of carbonyl (C=O) groups excluding carboxylic acids is 1. The summed E-state index contributed by atoms with van der Waals surface area (Å²) in [7, 11) is 6.19. The molecule has 0 saturated carbocycles. The number of thiazole rings is 4. The molecule has 28 nitrogen and oxygen atoms in total. The summed E-state index contributed by atoms with van der Waals surface area (Å²) in [5, 5.41) is 64.6. The van der Waals surface area contributed by atoms with Crippen molar-refractivity contribution in [1.82, 2.24) is 77.3 Å². The molecule has 34 heteroatoms. The summed E-state index contributed by atoms with van der Waals surface area (Å²) >= 11 is 9.49. The second-order valence-electron chi connectivity index (χ2n) is 24.1. The summed E-state index contributed by atoms with van der Waals surface area (Å²) < 4.78 is 22.5. The Morgan fingerprint density at radius 2 is 0.857 bits per heavy atom. The van der Waals surface area contributed by atoms with E-state index in [1.54, 1.807) is 124 Å². The van der Waals surface area contributed by atoms with Crippen molar-refractivity contribution < 1.29 is 19.6 Å². The highest BCUT2D eigenvalue weighted by Gasteiger charge is 2.22. The first-order valence-corrected chi connectivity index (χ1v) is 36.4. The number of nitrogens with two attached hydrogens (primary N) is 1. The number of aromatic nitrogens is 16. The zero-order valence-electron chi connectivity index (χ0n) is 57.3. The minimum Gasteiger partial charge on any atom is -0.427 e. The van der Waals surface area contributed by atoms with Gasteiger partial charge in [-0.15, -0.1) is 45.3 Å². The molecule has 1 saturated heterocycles. The summed E-state index contributed by atoms with van der Waals surface area (Å²) in [5.41, 5.74) is 17.5. The maximum absolute atomic E-state index is 12.9. The summed E-state index contributed by atoms with van der Waals surface area (Å²) in [6.45, 7) is 8.41. The number of ether oxygens (including phenoxy) is 1. The summed E-state index contributed by atoms with van der Waals surface area (Å²) in [5.74, 6) is -0.498. The van der Waals surface area contributed by atoms with E-state index in [1.165, 1.54) is 61.1 Å². The van der Waals surface area contributed by atoms with Crippen LogP contribution in [0.25, 0.3) is 85.0 Å². The first-order chi connectivity index (χ1) is 50.5. The van der Waals surface area contributed by atoms with Crippen LogP contribution in [0.15, 0.2) is 150 Å². The molecule has 16 aromatic rings. The number of amides is 1. The van der Waals surface area contributed by atoms with E-state index in [9.17, 15) is 24.0 Å². The summed E-state index contributed by atoms with van der Waals surface area (Å²) in [6, 6.07) is 34.8. The van der Waals surface area contributed by atoms with Crippen LogP contribution in [0.2, 0.25) is 6.82 Å². The highest BCUT2D eigenvalue weighted by Crippen LogP contribution is 2.35. The molecular weight excluding hydrogens is 1480 g/mol. The van der Waals surface area contributed by atoms with Gasteiger partial charge in [-0.2, -0.15) is 36.2 Å². The van der Waals surface area contributed by atoms with Crippen LogP contribution in [0.1, 0.15) is 72.2 Å². The maximum atomic E-state index is 12.9.